The molecule has 1 rings (SSSR count). The number of rotatable bonds is 11. The van der Waals surface area contributed by atoms with Crippen molar-refractivity contribution in [1.82, 2.24) is 0 Å². The monoisotopic (exact) mass is 468 g/mol. The number of hydrogen-bond acceptors (Lipinski definition) is 4. The van der Waals surface area contributed by atoms with E-state index in [2.05, 4.69) is 31.0 Å². The van der Waals surface area contributed by atoms with E-state index >= 15 is 0 Å². The number of hydrogen-bond donors (Lipinski definition) is 1. The van der Waals surface area contributed by atoms with Gasteiger partial charge in [-0.25, -0.2) is 4.39 Å². The summed E-state index contributed by atoms with van der Waals surface area (Å²) in [5, 5.41) is 2.69. The molecule has 0 saturated heterocycles. The second kappa shape index (κ2) is 17.8. The second-order valence-electron chi connectivity index (χ2n) is 5.62. The highest BCUT2D eigenvalue weighted by Crippen LogP contribution is 2.10. The topological polar surface area (TPSA) is 67.8 Å². The Morgan fingerprint density at radius 2 is 1.90 bits per heavy atom. The van der Waals surface area contributed by atoms with Gasteiger partial charge in [-0.2, -0.15) is 0 Å². The maximum atomic E-state index is 12.8. The average Bonchev–Trinajstić information content (AvgIpc) is 2.73. The van der Waals surface area contributed by atoms with Crippen molar-refractivity contribution < 1.29 is 18.7 Å². The van der Waals surface area contributed by atoms with Gasteiger partial charge in [0, 0.05) is 23.0 Å². The van der Waals surface area contributed by atoms with Crippen molar-refractivity contribution in [3.8, 4) is 0 Å². The Morgan fingerprint density at radius 3 is 2.55 bits per heavy atom. The lowest BCUT2D eigenvalue weighted by atomic mass is 10.2. The molecule has 0 saturated carbocycles. The van der Waals surface area contributed by atoms with E-state index in [4.69, 9.17) is 0 Å². The fourth-order valence-corrected chi connectivity index (χ4v) is 2.34. The maximum absolute atomic E-state index is 12.8. The first kappa shape index (κ1) is 26.7. The molecule has 0 spiro atoms. The Hall–Kier alpha value is -2.28. The van der Waals surface area contributed by atoms with Gasteiger partial charge in [0.25, 0.3) is 0 Å². The minimum Gasteiger partial charge on any atom is -0.469 e. The van der Waals surface area contributed by atoms with Crippen LogP contribution in [0.15, 0.2) is 52.0 Å². The van der Waals surface area contributed by atoms with E-state index in [1.165, 1.54) is 31.4 Å². The van der Waals surface area contributed by atoms with Crippen LogP contribution in [0.5, 0.6) is 0 Å². The van der Waals surface area contributed by atoms with Crippen LogP contribution in [0.25, 0.3) is 0 Å². The zero-order valence-electron chi connectivity index (χ0n) is 17.3. The van der Waals surface area contributed by atoms with Gasteiger partial charge in [-0.15, -0.1) is 0 Å². The van der Waals surface area contributed by atoms with E-state index in [0.717, 1.165) is 23.7 Å². The normalized spacial score (nSPS) is 11.3. The summed E-state index contributed by atoms with van der Waals surface area (Å²) >= 11 is 3.40. The van der Waals surface area contributed by atoms with Crippen LogP contribution in [-0.2, 0) is 14.3 Å². The molecule has 0 aliphatic carbocycles. The smallest absolute Gasteiger partial charge is 0.305 e. The number of benzene rings is 1. The van der Waals surface area contributed by atoms with Crippen molar-refractivity contribution in [3.63, 3.8) is 0 Å². The number of carbonyl (C=O) groups excluding carboxylic acids is 2. The summed E-state index contributed by atoms with van der Waals surface area (Å²) in [4.78, 5) is 27.0. The maximum Gasteiger partial charge on any atom is 0.305 e. The number of unbranched alkanes of at least 4 members (excludes halogenated alkanes) is 2. The molecule has 7 heteroatoms. The number of carbonyl (C=O) groups is 2. The minimum absolute atomic E-state index is 0.178. The highest BCUT2D eigenvalue weighted by molar-refractivity contribution is 9.11. The molecule has 5 nitrogen and oxygen atoms in total. The standard InChI is InChI=1S/C20H24BrFN2O3.C2H6/c1-27-20(26)8-3-2-4-14-23-15-13-16(21)6-5-7-19(25)24-18-11-9-17(22)10-12-18;1-2/h5-6,9-14H,2-4,7-8,15H2,1H3,(H,24,25);1-2H3/b6-5-,16-13+,23-14?;. The molecule has 0 aliphatic heterocycles. The summed E-state index contributed by atoms with van der Waals surface area (Å²) in [5.41, 5.74) is 0.560. The van der Waals surface area contributed by atoms with Gasteiger partial charge < -0.3 is 10.1 Å². The van der Waals surface area contributed by atoms with E-state index in [9.17, 15) is 14.0 Å². The summed E-state index contributed by atoms with van der Waals surface area (Å²) in [6.07, 6.45) is 10.4. The van der Waals surface area contributed by atoms with Crippen LogP contribution in [0.4, 0.5) is 10.1 Å². The molecule has 1 aromatic rings. The molecule has 0 fully saturated rings. The first-order valence-corrected chi connectivity index (χ1v) is 10.4. The van der Waals surface area contributed by atoms with E-state index in [0.29, 0.717) is 18.7 Å². The summed E-state index contributed by atoms with van der Waals surface area (Å²) in [6.45, 7) is 4.53. The molecule has 0 aliphatic rings. The Balaban J connectivity index is 0.00000379. The predicted molar refractivity (Wildman–Crippen MR) is 121 cm³/mol. The quantitative estimate of drug-likeness (QED) is 0.192. The van der Waals surface area contributed by atoms with Crippen molar-refractivity contribution >= 4 is 39.7 Å². The molecule has 1 N–H and O–H groups in total. The summed E-state index contributed by atoms with van der Waals surface area (Å²) in [6, 6.07) is 5.62. The minimum atomic E-state index is -0.342. The first-order chi connectivity index (χ1) is 14.0. The van der Waals surface area contributed by atoms with Gasteiger partial charge in [0.2, 0.25) is 5.91 Å². The lowest BCUT2D eigenvalue weighted by molar-refractivity contribution is -0.140. The number of halogens is 2. The van der Waals surface area contributed by atoms with Crippen molar-refractivity contribution in [2.24, 2.45) is 4.99 Å². The number of esters is 1. The number of aliphatic imine (C=N–C) groups is 1. The average molecular weight is 469 g/mol. The largest absolute Gasteiger partial charge is 0.469 e. The van der Waals surface area contributed by atoms with Crippen LogP contribution in [0, 0.1) is 5.82 Å². The molecule has 0 radical (unpaired) electrons. The molecule has 29 heavy (non-hydrogen) atoms. The van der Waals surface area contributed by atoms with Gasteiger partial charge in [0.15, 0.2) is 0 Å². The van der Waals surface area contributed by atoms with Crippen molar-refractivity contribution in [2.75, 3.05) is 19.0 Å². The van der Waals surface area contributed by atoms with Crippen LogP contribution in [0.2, 0.25) is 0 Å². The van der Waals surface area contributed by atoms with Gasteiger partial charge in [0.1, 0.15) is 5.82 Å². The Labute approximate surface area is 181 Å². The van der Waals surface area contributed by atoms with Crippen LogP contribution in [0.1, 0.15) is 46.0 Å². The van der Waals surface area contributed by atoms with Crippen molar-refractivity contribution in [1.29, 1.82) is 0 Å². The fraction of sp³-hybridized carbons (Fsp3) is 0.409. The van der Waals surface area contributed by atoms with Gasteiger partial charge in [-0.1, -0.05) is 41.9 Å². The first-order valence-electron chi connectivity index (χ1n) is 9.64. The molecule has 160 valence electrons. The summed E-state index contributed by atoms with van der Waals surface area (Å²) < 4.78 is 18.2. The predicted octanol–water partition coefficient (Wildman–Crippen LogP) is 5.82. The van der Waals surface area contributed by atoms with Crippen LogP contribution >= 0.6 is 15.9 Å². The Morgan fingerprint density at radius 1 is 1.21 bits per heavy atom. The van der Waals surface area contributed by atoms with Crippen LogP contribution < -0.4 is 5.32 Å². The SMILES string of the molecule is CC.COC(=O)CCCCC=NC/C=C(Br)\C=C/CC(=O)Nc1ccc(F)cc1. The molecule has 1 amide bonds. The van der Waals surface area contributed by atoms with Gasteiger partial charge in [-0.05, 0) is 55.8 Å². The highest BCUT2D eigenvalue weighted by atomic mass is 79.9. The number of amides is 1. The second-order valence-corrected chi connectivity index (χ2v) is 6.54. The molecule has 0 bridgehead atoms. The van der Waals surface area contributed by atoms with Crippen LogP contribution in [0.3, 0.4) is 0 Å². The molecule has 0 heterocycles. The lowest BCUT2D eigenvalue weighted by Crippen LogP contribution is -2.09. The molecular formula is C22H30BrFN2O3. The third-order valence-electron chi connectivity index (χ3n) is 3.42. The third kappa shape index (κ3) is 15.3. The Bertz CT molecular complexity index is 686. The lowest BCUT2D eigenvalue weighted by Gasteiger charge is -2.02. The number of ether oxygens (including phenoxy) is 1. The Kier molecular flexibility index (Phi) is 16.4. The number of allylic oxidation sites excluding steroid dienone is 2. The van der Waals surface area contributed by atoms with Gasteiger partial charge in [0.05, 0.1) is 13.7 Å². The molecule has 0 aromatic heterocycles. The third-order valence-corrected chi connectivity index (χ3v) is 4.01. The summed E-state index contributed by atoms with van der Waals surface area (Å²) in [7, 11) is 1.39. The van der Waals surface area contributed by atoms with E-state index in [1.807, 2.05) is 26.1 Å². The highest BCUT2D eigenvalue weighted by Gasteiger charge is 2.00. The number of anilines is 1. The van der Waals surface area contributed by atoms with E-state index in [1.54, 1.807) is 12.2 Å². The fourth-order valence-electron chi connectivity index (χ4n) is 2.00. The van der Waals surface area contributed by atoms with E-state index in [-0.39, 0.29) is 24.1 Å². The number of nitrogens with one attached hydrogen (secondary N) is 1. The number of nitrogens with zero attached hydrogens (tertiary/aromatic N) is 1. The van der Waals surface area contributed by atoms with Crippen LogP contribution in [-0.4, -0.2) is 31.7 Å². The zero-order chi connectivity index (χ0) is 21.9. The number of methoxy groups -OCH3 is 1. The van der Waals surface area contributed by atoms with Crippen molar-refractivity contribution in [2.45, 2.75) is 46.0 Å². The molecular weight excluding hydrogens is 439 g/mol. The van der Waals surface area contributed by atoms with Gasteiger partial charge in [-0.3, -0.25) is 14.6 Å². The van der Waals surface area contributed by atoms with Gasteiger partial charge >= 0.3 is 5.97 Å². The molecule has 0 unspecified atom stereocenters. The zero-order valence-corrected chi connectivity index (χ0v) is 18.9. The summed E-state index contributed by atoms with van der Waals surface area (Å²) in [5.74, 6) is -0.703. The van der Waals surface area contributed by atoms with E-state index < -0.39 is 0 Å². The molecule has 1 aromatic carbocycles. The van der Waals surface area contributed by atoms with Crippen molar-refractivity contribution in [3.05, 3.63) is 52.8 Å². The molecule has 0 atom stereocenters.